The van der Waals surface area contributed by atoms with Gasteiger partial charge in [0.05, 0.1) is 23.6 Å². The quantitative estimate of drug-likeness (QED) is 0.692. The third-order valence-corrected chi connectivity index (χ3v) is 6.33. The first-order chi connectivity index (χ1) is 14.5. The van der Waals surface area contributed by atoms with Gasteiger partial charge in [-0.2, -0.15) is 5.10 Å². The van der Waals surface area contributed by atoms with Gasteiger partial charge in [-0.3, -0.25) is 14.4 Å². The highest BCUT2D eigenvalue weighted by molar-refractivity contribution is 6.07. The highest BCUT2D eigenvalue weighted by Crippen LogP contribution is 2.32. The molecule has 0 bridgehead atoms. The van der Waals surface area contributed by atoms with Crippen molar-refractivity contribution in [2.24, 2.45) is 16.9 Å². The van der Waals surface area contributed by atoms with Crippen LogP contribution in [0.1, 0.15) is 29.6 Å². The number of piperidine rings is 1. The Kier molecular flexibility index (Phi) is 4.42. The van der Waals surface area contributed by atoms with Crippen molar-refractivity contribution in [1.29, 1.82) is 0 Å². The van der Waals surface area contributed by atoms with Crippen LogP contribution in [0.15, 0.2) is 53.7 Å². The maximum atomic E-state index is 12.9. The predicted molar refractivity (Wildman–Crippen MR) is 112 cm³/mol. The van der Waals surface area contributed by atoms with Crippen molar-refractivity contribution in [3.63, 3.8) is 0 Å². The molecule has 3 aliphatic heterocycles. The molecule has 3 heterocycles. The van der Waals surface area contributed by atoms with Gasteiger partial charge in [-0.05, 0) is 12.1 Å². The number of likely N-dealkylation sites (tertiary alicyclic amines) is 1. The fraction of sp³-hybridized carbons (Fsp3) is 0.364. The number of benzene rings is 1. The number of carbonyl (C=O) groups is 3. The number of nitrogens with one attached hydrogen (secondary N) is 3. The largest absolute Gasteiger partial charge is 0.362 e. The molecule has 0 unspecified atom stereocenters. The second kappa shape index (κ2) is 7.12. The second-order valence-corrected chi connectivity index (χ2v) is 8.16. The van der Waals surface area contributed by atoms with Gasteiger partial charge in [-0.1, -0.05) is 36.4 Å². The lowest BCUT2D eigenvalue weighted by molar-refractivity contribution is -0.132. The summed E-state index contributed by atoms with van der Waals surface area (Å²) in [5, 5.41) is 10.7. The van der Waals surface area contributed by atoms with E-state index in [1.54, 1.807) is 6.07 Å². The fourth-order valence-corrected chi connectivity index (χ4v) is 4.63. The van der Waals surface area contributed by atoms with Gasteiger partial charge in [0.15, 0.2) is 0 Å². The van der Waals surface area contributed by atoms with Gasteiger partial charge in [0.1, 0.15) is 5.66 Å². The Balaban J connectivity index is 1.24. The number of para-hydroxylation sites is 1. The zero-order chi connectivity index (χ0) is 20.7. The number of fused-ring (bicyclic) bond motifs is 2. The van der Waals surface area contributed by atoms with Crippen LogP contribution in [0.2, 0.25) is 0 Å². The van der Waals surface area contributed by atoms with Crippen LogP contribution in [0, 0.1) is 11.8 Å². The highest BCUT2D eigenvalue weighted by Gasteiger charge is 2.41. The number of allylic oxidation sites excluding steroid dienone is 3. The number of hydrazone groups is 1. The van der Waals surface area contributed by atoms with Crippen molar-refractivity contribution in [1.82, 2.24) is 15.6 Å². The monoisotopic (exact) mass is 405 g/mol. The molecule has 1 aliphatic carbocycles. The molecule has 0 saturated carbocycles. The minimum atomic E-state index is -0.527. The van der Waals surface area contributed by atoms with E-state index in [-0.39, 0.29) is 36.0 Å². The van der Waals surface area contributed by atoms with Crippen LogP contribution in [0.3, 0.4) is 0 Å². The number of anilines is 1. The maximum absolute atomic E-state index is 12.9. The molecule has 154 valence electrons. The summed E-state index contributed by atoms with van der Waals surface area (Å²) in [6.07, 6.45) is 8.93. The number of rotatable bonds is 2. The first-order valence-corrected chi connectivity index (χ1v) is 10.2. The Morgan fingerprint density at radius 3 is 2.60 bits per heavy atom. The third kappa shape index (κ3) is 3.18. The SMILES string of the molecule is O=C1NC2(CCN(C(=O)CC3=NNC(=O)[C@H]4C=CC=C[C@@H]34)CC2)Nc2ccccc21. The van der Waals surface area contributed by atoms with E-state index in [0.29, 0.717) is 37.2 Å². The normalized spacial score (nSPS) is 26.1. The molecule has 2 atom stereocenters. The molecule has 4 aliphatic rings. The van der Waals surface area contributed by atoms with Crippen LogP contribution in [-0.4, -0.2) is 47.1 Å². The summed E-state index contributed by atoms with van der Waals surface area (Å²) in [6, 6.07) is 7.46. The molecule has 0 aromatic heterocycles. The van der Waals surface area contributed by atoms with Gasteiger partial charge >= 0.3 is 0 Å². The van der Waals surface area contributed by atoms with E-state index in [2.05, 4.69) is 21.2 Å². The minimum absolute atomic E-state index is 0.0102. The molecule has 3 amide bonds. The topological polar surface area (TPSA) is 103 Å². The lowest BCUT2D eigenvalue weighted by Gasteiger charge is -2.46. The first-order valence-electron chi connectivity index (χ1n) is 10.2. The summed E-state index contributed by atoms with van der Waals surface area (Å²) in [5.41, 5.74) is 4.16. The van der Waals surface area contributed by atoms with Gasteiger partial charge in [-0.15, -0.1) is 0 Å². The zero-order valence-corrected chi connectivity index (χ0v) is 16.4. The van der Waals surface area contributed by atoms with E-state index >= 15 is 0 Å². The number of amides is 3. The molecule has 30 heavy (non-hydrogen) atoms. The Morgan fingerprint density at radius 1 is 1.07 bits per heavy atom. The molecule has 1 aromatic carbocycles. The standard InChI is InChI=1S/C22H23N5O3/c28-19(13-18-14-5-1-2-6-15(14)21(30)26-25-18)27-11-9-22(10-12-27)23-17-8-4-3-7-16(17)20(29)24-22/h1-8,14-15,23H,9-13H2,(H,24,29)(H,26,30)/t14-,15+/m1/s1. The maximum Gasteiger partial charge on any atom is 0.255 e. The van der Waals surface area contributed by atoms with Gasteiger partial charge in [0, 0.05) is 37.5 Å². The molecule has 0 radical (unpaired) electrons. The summed E-state index contributed by atoms with van der Waals surface area (Å²) >= 11 is 0. The van der Waals surface area contributed by atoms with Crippen LogP contribution in [-0.2, 0) is 9.59 Å². The van der Waals surface area contributed by atoms with Crippen LogP contribution in [0.4, 0.5) is 5.69 Å². The molecule has 8 heteroatoms. The van der Waals surface area contributed by atoms with Crippen LogP contribution >= 0.6 is 0 Å². The molecule has 1 aromatic rings. The Labute approximate surface area is 174 Å². The van der Waals surface area contributed by atoms with Crippen LogP contribution in [0.25, 0.3) is 0 Å². The van der Waals surface area contributed by atoms with Gasteiger partial charge in [0.2, 0.25) is 11.8 Å². The Hall–Kier alpha value is -3.42. The summed E-state index contributed by atoms with van der Waals surface area (Å²) in [6.45, 7) is 1.08. The fourth-order valence-electron chi connectivity index (χ4n) is 4.63. The summed E-state index contributed by atoms with van der Waals surface area (Å²) in [5.74, 6) is -0.707. The molecule has 8 nitrogen and oxygen atoms in total. The van der Waals surface area contributed by atoms with Crippen LogP contribution in [0.5, 0.6) is 0 Å². The van der Waals surface area contributed by atoms with Crippen molar-refractivity contribution in [2.45, 2.75) is 24.9 Å². The Morgan fingerprint density at radius 2 is 1.80 bits per heavy atom. The number of hydrogen-bond acceptors (Lipinski definition) is 5. The number of hydrogen-bond donors (Lipinski definition) is 3. The van der Waals surface area contributed by atoms with E-state index in [9.17, 15) is 14.4 Å². The summed E-state index contributed by atoms with van der Waals surface area (Å²) < 4.78 is 0. The third-order valence-electron chi connectivity index (χ3n) is 6.33. The van der Waals surface area contributed by atoms with Crippen molar-refractivity contribution < 1.29 is 14.4 Å². The van der Waals surface area contributed by atoms with Crippen molar-refractivity contribution in [2.75, 3.05) is 18.4 Å². The van der Waals surface area contributed by atoms with Crippen molar-refractivity contribution in [3.05, 3.63) is 54.1 Å². The molecule has 1 spiro atoms. The van der Waals surface area contributed by atoms with Crippen molar-refractivity contribution in [3.8, 4) is 0 Å². The van der Waals surface area contributed by atoms with Gasteiger partial charge < -0.3 is 15.5 Å². The summed E-state index contributed by atoms with van der Waals surface area (Å²) in [4.78, 5) is 39.3. The molecular weight excluding hydrogens is 382 g/mol. The second-order valence-electron chi connectivity index (χ2n) is 8.16. The van der Waals surface area contributed by atoms with Gasteiger partial charge in [0.25, 0.3) is 5.91 Å². The molecule has 3 N–H and O–H groups in total. The van der Waals surface area contributed by atoms with E-state index in [1.807, 2.05) is 47.4 Å². The van der Waals surface area contributed by atoms with Crippen LogP contribution < -0.4 is 16.1 Å². The zero-order valence-electron chi connectivity index (χ0n) is 16.4. The van der Waals surface area contributed by atoms with E-state index in [0.717, 1.165) is 5.69 Å². The lowest BCUT2D eigenvalue weighted by atomic mass is 9.82. The Bertz CT molecular complexity index is 1000. The molecule has 1 fully saturated rings. The van der Waals surface area contributed by atoms with Gasteiger partial charge in [-0.25, -0.2) is 5.43 Å². The van der Waals surface area contributed by atoms with E-state index in [4.69, 9.17) is 0 Å². The summed E-state index contributed by atoms with van der Waals surface area (Å²) in [7, 11) is 0. The number of nitrogens with zero attached hydrogens (tertiary/aromatic N) is 2. The highest BCUT2D eigenvalue weighted by atomic mass is 16.2. The van der Waals surface area contributed by atoms with Crippen molar-refractivity contribution >= 4 is 29.1 Å². The molecule has 5 rings (SSSR count). The average molecular weight is 405 g/mol. The molecular formula is C22H23N5O3. The van der Waals surface area contributed by atoms with E-state index in [1.165, 1.54) is 0 Å². The molecule has 1 saturated heterocycles. The average Bonchev–Trinajstić information content (AvgIpc) is 2.76. The smallest absolute Gasteiger partial charge is 0.255 e. The predicted octanol–water partition coefficient (Wildman–Crippen LogP) is 1.39. The first kappa shape index (κ1) is 18.6. The minimum Gasteiger partial charge on any atom is -0.362 e. The van der Waals surface area contributed by atoms with E-state index < -0.39 is 5.66 Å². The number of carbonyl (C=O) groups excluding carboxylic acids is 3. The lowest BCUT2D eigenvalue weighted by Crippen LogP contribution is -2.62.